The summed E-state index contributed by atoms with van der Waals surface area (Å²) in [6.45, 7) is 6.26. The summed E-state index contributed by atoms with van der Waals surface area (Å²) in [5, 5.41) is 0. The minimum absolute atomic E-state index is 0.318. The van der Waals surface area contributed by atoms with Crippen LogP contribution in [-0.4, -0.2) is 43.3 Å². The molecule has 2 unspecified atom stereocenters. The van der Waals surface area contributed by atoms with E-state index in [-0.39, 0.29) is 0 Å². The quantitative estimate of drug-likeness (QED) is 0.761. The molecule has 0 aromatic carbocycles. The summed E-state index contributed by atoms with van der Waals surface area (Å²) in [5.41, 5.74) is 6.17. The van der Waals surface area contributed by atoms with Crippen LogP contribution in [0.5, 0.6) is 0 Å². The van der Waals surface area contributed by atoms with Gasteiger partial charge >= 0.3 is 0 Å². The average molecular weight is 212 g/mol. The van der Waals surface area contributed by atoms with Gasteiger partial charge < -0.3 is 10.5 Å². The molecule has 2 rings (SSSR count). The van der Waals surface area contributed by atoms with Gasteiger partial charge in [-0.15, -0.1) is 0 Å². The Bertz CT molecular complexity index is 194. The summed E-state index contributed by atoms with van der Waals surface area (Å²) < 4.78 is 5.55. The molecule has 1 aliphatic carbocycles. The van der Waals surface area contributed by atoms with Crippen LogP contribution >= 0.6 is 0 Å². The van der Waals surface area contributed by atoms with E-state index >= 15 is 0 Å². The molecule has 3 heteroatoms. The number of hydrogen-bond acceptors (Lipinski definition) is 3. The van der Waals surface area contributed by atoms with Crippen LogP contribution in [0, 0.1) is 5.92 Å². The van der Waals surface area contributed by atoms with Crippen molar-refractivity contribution in [2.24, 2.45) is 11.7 Å². The van der Waals surface area contributed by atoms with Crippen molar-refractivity contribution in [3.8, 4) is 0 Å². The smallest absolute Gasteiger partial charge is 0.0636 e. The molecule has 2 N–H and O–H groups in total. The largest absolute Gasteiger partial charge is 0.380 e. The summed E-state index contributed by atoms with van der Waals surface area (Å²) in [4.78, 5) is 2.54. The lowest BCUT2D eigenvalue weighted by Gasteiger charge is -2.41. The molecule has 0 aromatic heterocycles. The zero-order chi connectivity index (χ0) is 10.7. The highest BCUT2D eigenvalue weighted by atomic mass is 16.5. The lowest BCUT2D eigenvalue weighted by atomic mass is 9.84. The standard InChI is InChI=1S/C12H24N2O/c1-2-14(8-10-4-3-5-10)12-9-15-7-6-11(12)13/h10-12H,2-9,13H2,1H3. The zero-order valence-electron chi connectivity index (χ0n) is 9.82. The van der Waals surface area contributed by atoms with Gasteiger partial charge in [-0.05, 0) is 31.7 Å². The Morgan fingerprint density at radius 1 is 1.33 bits per heavy atom. The van der Waals surface area contributed by atoms with Crippen molar-refractivity contribution in [1.29, 1.82) is 0 Å². The second-order valence-corrected chi connectivity index (χ2v) is 4.98. The van der Waals surface area contributed by atoms with Crippen LogP contribution in [0.25, 0.3) is 0 Å². The highest BCUT2D eigenvalue weighted by Gasteiger charge is 2.30. The van der Waals surface area contributed by atoms with Gasteiger partial charge in [-0.2, -0.15) is 0 Å². The van der Waals surface area contributed by atoms with Crippen LogP contribution in [0.4, 0.5) is 0 Å². The van der Waals surface area contributed by atoms with E-state index in [9.17, 15) is 0 Å². The number of ether oxygens (including phenoxy) is 1. The van der Waals surface area contributed by atoms with Crippen molar-refractivity contribution in [3.05, 3.63) is 0 Å². The molecule has 0 bridgehead atoms. The number of hydrogen-bond donors (Lipinski definition) is 1. The van der Waals surface area contributed by atoms with Crippen molar-refractivity contribution in [3.63, 3.8) is 0 Å². The fourth-order valence-electron chi connectivity index (χ4n) is 2.62. The maximum absolute atomic E-state index is 6.17. The SMILES string of the molecule is CCN(CC1CCC1)C1COCCC1N. The second kappa shape index (κ2) is 5.28. The predicted octanol–water partition coefficient (Wildman–Crippen LogP) is 1.22. The van der Waals surface area contributed by atoms with E-state index < -0.39 is 0 Å². The Morgan fingerprint density at radius 2 is 2.13 bits per heavy atom. The first-order chi connectivity index (χ1) is 7.31. The fourth-order valence-corrected chi connectivity index (χ4v) is 2.62. The van der Waals surface area contributed by atoms with Gasteiger partial charge in [0.15, 0.2) is 0 Å². The fraction of sp³-hybridized carbons (Fsp3) is 1.00. The first kappa shape index (κ1) is 11.4. The van der Waals surface area contributed by atoms with Gasteiger partial charge in [0.2, 0.25) is 0 Å². The van der Waals surface area contributed by atoms with Crippen LogP contribution in [0.1, 0.15) is 32.6 Å². The Morgan fingerprint density at radius 3 is 2.67 bits per heavy atom. The summed E-state index contributed by atoms with van der Waals surface area (Å²) in [5.74, 6) is 0.930. The minimum Gasteiger partial charge on any atom is -0.380 e. The molecule has 0 radical (unpaired) electrons. The van der Waals surface area contributed by atoms with Gasteiger partial charge in [0.05, 0.1) is 6.61 Å². The zero-order valence-corrected chi connectivity index (χ0v) is 9.82. The summed E-state index contributed by atoms with van der Waals surface area (Å²) in [7, 11) is 0. The van der Waals surface area contributed by atoms with Crippen LogP contribution in [0.2, 0.25) is 0 Å². The maximum atomic E-state index is 6.17. The van der Waals surface area contributed by atoms with Crippen LogP contribution in [-0.2, 0) is 4.74 Å². The van der Waals surface area contributed by atoms with E-state index in [1.165, 1.54) is 25.8 Å². The second-order valence-electron chi connectivity index (χ2n) is 4.98. The van der Waals surface area contributed by atoms with E-state index in [0.717, 1.165) is 32.1 Å². The van der Waals surface area contributed by atoms with E-state index in [1.54, 1.807) is 0 Å². The Balaban J connectivity index is 1.85. The minimum atomic E-state index is 0.318. The van der Waals surface area contributed by atoms with Crippen LogP contribution < -0.4 is 5.73 Å². The van der Waals surface area contributed by atoms with E-state index in [4.69, 9.17) is 10.5 Å². The van der Waals surface area contributed by atoms with Gasteiger partial charge in [0.1, 0.15) is 0 Å². The molecule has 1 aliphatic heterocycles. The lowest BCUT2D eigenvalue weighted by Crippen LogP contribution is -2.54. The van der Waals surface area contributed by atoms with Gasteiger partial charge in [-0.1, -0.05) is 13.3 Å². The van der Waals surface area contributed by atoms with Gasteiger partial charge in [0.25, 0.3) is 0 Å². The van der Waals surface area contributed by atoms with Gasteiger partial charge in [0, 0.05) is 25.2 Å². The topological polar surface area (TPSA) is 38.5 Å². The number of nitrogens with zero attached hydrogens (tertiary/aromatic N) is 1. The molecule has 2 aliphatic rings. The molecule has 88 valence electrons. The van der Waals surface area contributed by atoms with Crippen LogP contribution in [0.15, 0.2) is 0 Å². The monoisotopic (exact) mass is 212 g/mol. The first-order valence-corrected chi connectivity index (χ1v) is 6.38. The Hall–Kier alpha value is -0.120. The first-order valence-electron chi connectivity index (χ1n) is 6.38. The molecule has 0 spiro atoms. The van der Waals surface area contributed by atoms with Crippen molar-refractivity contribution in [2.45, 2.75) is 44.7 Å². The molecule has 2 atom stereocenters. The molecule has 3 nitrogen and oxygen atoms in total. The Labute approximate surface area is 93.0 Å². The summed E-state index contributed by atoms with van der Waals surface area (Å²) in [6.07, 6.45) is 5.28. The Kier molecular flexibility index (Phi) is 4.00. The third-order valence-corrected chi connectivity index (χ3v) is 3.97. The summed E-state index contributed by atoms with van der Waals surface area (Å²) in [6, 6.07) is 0.781. The van der Waals surface area contributed by atoms with Gasteiger partial charge in [-0.25, -0.2) is 0 Å². The molecular formula is C12H24N2O. The van der Waals surface area contributed by atoms with Gasteiger partial charge in [-0.3, -0.25) is 4.90 Å². The third kappa shape index (κ3) is 2.71. The lowest BCUT2D eigenvalue weighted by molar-refractivity contribution is -0.00243. The maximum Gasteiger partial charge on any atom is 0.0636 e. The molecule has 15 heavy (non-hydrogen) atoms. The average Bonchev–Trinajstić information content (AvgIpc) is 2.19. The molecule has 0 aromatic rings. The molecule has 2 fully saturated rings. The summed E-state index contributed by atoms with van der Waals surface area (Å²) >= 11 is 0. The highest BCUT2D eigenvalue weighted by Crippen LogP contribution is 2.28. The molecule has 1 heterocycles. The van der Waals surface area contributed by atoms with Crippen molar-refractivity contribution >= 4 is 0 Å². The molecule has 0 amide bonds. The van der Waals surface area contributed by atoms with E-state index in [0.29, 0.717) is 12.1 Å². The normalized spacial score (nSPS) is 33.0. The van der Waals surface area contributed by atoms with Crippen molar-refractivity contribution < 1.29 is 4.74 Å². The molecule has 1 saturated heterocycles. The molecular weight excluding hydrogens is 188 g/mol. The highest BCUT2D eigenvalue weighted by molar-refractivity contribution is 4.86. The van der Waals surface area contributed by atoms with Crippen molar-refractivity contribution in [2.75, 3.05) is 26.3 Å². The van der Waals surface area contributed by atoms with Crippen LogP contribution in [0.3, 0.4) is 0 Å². The van der Waals surface area contributed by atoms with Crippen molar-refractivity contribution in [1.82, 2.24) is 4.90 Å². The number of nitrogens with two attached hydrogens (primary N) is 1. The number of rotatable bonds is 4. The van der Waals surface area contributed by atoms with E-state index in [2.05, 4.69) is 11.8 Å². The third-order valence-electron chi connectivity index (χ3n) is 3.97. The van der Waals surface area contributed by atoms with E-state index in [1.807, 2.05) is 0 Å². The molecule has 1 saturated carbocycles. The predicted molar refractivity (Wildman–Crippen MR) is 61.8 cm³/mol. The number of likely N-dealkylation sites (N-methyl/N-ethyl adjacent to an activating group) is 1.